The molecule has 0 atom stereocenters. The van der Waals surface area contributed by atoms with Crippen LogP contribution >= 0.6 is 12.2 Å². The minimum Gasteiger partial charge on any atom is -0.481 e. The molecule has 2 aromatic rings. The van der Waals surface area contributed by atoms with Crippen LogP contribution in [0.2, 0.25) is 0 Å². The van der Waals surface area contributed by atoms with Gasteiger partial charge in [-0.15, -0.1) is 0 Å². The van der Waals surface area contributed by atoms with E-state index in [1.165, 1.54) is 12.1 Å². The molecular weight excluding hydrogens is 417 g/mol. The molecule has 4 rings (SSSR count). The SMILES string of the molecule is COc1cc(N2CCOCC2)nc(NC(=S)NCC2(c3ccc(F)cc3)CCCC2)n1. The topological polar surface area (TPSA) is 71.5 Å². The first-order valence-electron chi connectivity index (χ1n) is 10.6. The molecule has 0 amide bonds. The molecule has 1 saturated heterocycles. The molecule has 2 fully saturated rings. The summed E-state index contributed by atoms with van der Waals surface area (Å²) in [5, 5.41) is 6.89. The highest BCUT2D eigenvalue weighted by molar-refractivity contribution is 7.80. The molecule has 0 unspecified atom stereocenters. The molecule has 31 heavy (non-hydrogen) atoms. The van der Waals surface area contributed by atoms with Crippen molar-refractivity contribution in [3.8, 4) is 5.88 Å². The van der Waals surface area contributed by atoms with E-state index in [1.54, 1.807) is 7.11 Å². The lowest BCUT2D eigenvalue weighted by molar-refractivity contribution is 0.122. The Morgan fingerprint density at radius 2 is 1.90 bits per heavy atom. The first kappa shape index (κ1) is 21.7. The van der Waals surface area contributed by atoms with Crippen molar-refractivity contribution in [2.45, 2.75) is 31.1 Å². The molecule has 2 N–H and O–H groups in total. The van der Waals surface area contributed by atoms with Crippen LogP contribution in [-0.2, 0) is 10.2 Å². The van der Waals surface area contributed by atoms with Crippen molar-refractivity contribution in [2.24, 2.45) is 0 Å². The van der Waals surface area contributed by atoms with E-state index in [4.69, 9.17) is 21.7 Å². The minimum absolute atomic E-state index is 0.0480. The molecule has 1 aliphatic heterocycles. The van der Waals surface area contributed by atoms with Crippen LogP contribution in [0.4, 0.5) is 16.2 Å². The van der Waals surface area contributed by atoms with Crippen LogP contribution in [0.3, 0.4) is 0 Å². The number of rotatable bonds is 6. The van der Waals surface area contributed by atoms with Crippen molar-refractivity contribution in [3.05, 3.63) is 41.7 Å². The second-order valence-corrected chi connectivity index (χ2v) is 8.40. The average molecular weight is 446 g/mol. The Balaban J connectivity index is 1.43. The predicted molar refractivity (Wildman–Crippen MR) is 122 cm³/mol. The monoisotopic (exact) mass is 445 g/mol. The number of thiocarbonyl (C=S) groups is 1. The molecular formula is C22H28FN5O2S. The van der Waals surface area contributed by atoms with E-state index in [1.807, 2.05) is 18.2 Å². The molecule has 1 saturated carbocycles. The highest BCUT2D eigenvalue weighted by Crippen LogP contribution is 2.40. The fourth-order valence-electron chi connectivity index (χ4n) is 4.35. The van der Waals surface area contributed by atoms with Crippen LogP contribution in [0, 0.1) is 5.82 Å². The highest BCUT2D eigenvalue weighted by Gasteiger charge is 2.35. The predicted octanol–water partition coefficient (Wildman–Crippen LogP) is 3.26. The number of anilines is 2. The number of nitrogens with zero attached hydrogens (tertiary/aromatic N) is 3. The van der Waals surface area contributed by atoms with Crippen LogP contribution in [0.1, 0.15) is 31.2 Å². The van der Waals surface area contributed by atoms with Gasteiger partial charge in [-0.05, 0) is 42.8 Å². The molecule has 7 nitrogen and oxygen atoms in total. The van der Waals surface area contributed by atoms with Gasteiger partial charge in [-0.1, -0.05) is 25.0 Å². The molecule has 166 valence electrons. The minimum atomic E-state index is -0.215. The smallest absolute Gasteiger partial charge is 0.234 e. The first-order valence-corrected chi connectivity index (χ1v) is 11.1. The van der Waals surface area contributed by atoms with Gasteiger partial charge in [0.2, 0.25) is 11.8 Å². The van der Waals surface area contributed by atoms with E-state index in [-0.39, 0.29) is 11.2 Å². The quantitative estimate of drug-likeness (QED) is 0.657. The van der Waals surface area contributed by atoms with E-state index in [0.717, 1.165) is 50.2 Å². The highest BCUT2D eigenvalue weighted by atomic mass is 32.1. The third kappa shape index (κ3) is 5.22. The zero-order valence-electron chi connectivity index (χ0n) is 17.7. The second kappa shape index (κ2) is 9.74. The molecule has 1 aromatic carbocycles. The molecule has 9 heteroatoms. The summed E-state index contributed by atoms with van der Waals surface area (Å²) in [5.74, 6) is 1.42. The largest absolute Gasteiger partial charge is 0.481 e. The van der Waals surface area contributed by atoms with Crippen molar-refractivity contribution < 1.29 is 13.9 Å². The average Bonchev–Trinajstić information content (AvgIpc) is 3.29. The van der Waals surface area contributed by atoms with Crippen molar-refractivity contribution in [1.29, 1.82) is 0 Å². The van der Waals surface area contributed by atoms with Crippen molar-refractivity contribution in [3.63, 3.8) is 0 Å². The number of nitrogens with one attached hydrogen (secondary N) is 2. The number of methoxy groups -OCH3 is 1. The molecule has 1 aliphatic carbocycles. The fourth-order valence-corrected chi connectivity index (χ4v) is 4.51. The van der Waals surface area contributed by atoms with E-state index in [0.29, 0.717) is 36.7 Å². The Kier molecular flexibility index (Phi) is 6.82. The summed E-state index contributed by atoms with van der Waals surface area (Å²) in [7, 11) is 1.58. The third-order valence-corrected chi connectivity index (χ3v) is 6.31. The summed E-state index contributed by atoms with van der Waals surface area (Å²) in [6.45, 7) is 3.54. The van der Waals surface area contributed by atoms with Gasteiger partial charge >= 0.3 is 0 Å². The molecule has 0 spiro atoms. The fraction of sp³-hybridized carbons (Fsp3) is 0.500. The molecule has 0 radical (unpaired) electrons. The summed E-state index contributed by atoms with van der Waals surface area (Å²) in [6.07, 6.45) is 4.40. The number of aromatic nitrogens is 2. The van der Waals surface area contributed by atoms with Crippen molar-refractivity contribution in [2.75, 3.05) is 50.2 Å². The van der Waals surface area contributed by atoms with E-state index in [9.17, 15) is 4.39 Å². The number of ether oxygens (including phenoxy) is 2. The normalized spacial score (nSPS) is 17.9. The molecule has 2 aliphatic rings. The summed E-state index contributed by atoms with van der Waals surface area (Å²) >= 11 is 5.53. The Labute approximate surface area is 187 Å². The maximum atomic E-state index is 13.4. The van der Waals surface area contributed by atoms with Crippen LogP contribution in [0.25, 0.3) is 0 Å². The van der Waals surface area contributed by atoms with Gasteiger partial charge < -0.3 is 25.0 Å². The zero-order valence-corrected chi connectivity index (χ0v) is 18.5. The van der Waals surface area contributed by atoms with E-state index < -0.39 is 0 Å². The zero-order chi connectivity index (χ0) is 21.7. The van der Waals surface area contributed by atoms with E-state index in [2.05, 4.69) is 25.5 Å². The van der Waals surface area contributed by atoms with Crippen LogP contribution in [0.5, 0.6) is 5.88 Å². The van der Waals surface area contributed by atoms with Crippen molar-refractivity contribution >= 4 is 29.1 Å². The lowest BCUT2D eigenvalue weighted by atomic mass is 9.79. The summed E-state index contributed by atoms with van der Waals surface area (Å²) < 4.78 is 24.2. The number of morpholine rings is 1. The third-order valence-electron chi connectivity index (χ3n) is 6.06. The Morgan fingerprint density at radius 1 is 1.19 bits per heavy atom. The second-order valence-electron chi connectivity index (χ2n) is 7.99. The molecule has 0 bridgehead atoms. The van der Waals surface area contributed by atoms with Crippen molar-refractivity contribution in [1.82, 2.24) is 15.3 Å². The lowest BCUT2D eigenvalue weighted by Crippen LogP contribution is -2.41. The summed E-state index contributed by atoms with van der Waals surface area (Å²) in [4.78, 5) is 11.1. The van der Waals surface area contributed by atoms with Gasteiger partial charge in [-0.25, -0.2) is 4.39 Å². The maximum Gasteiger partial charge on any atom is 0.234 e. The standard InChI is InChI=1S/C22H28FN5O2S/c1-29-19-14-18(28-10-12-30-13-11-28)25-20(26-19)27-21(31)24-15-22(8-2-3-9-22)16-4-6-17(23)7-5-16/h4-7,14H,2-3,8-13,15H2,1H3,(H2,24,25,26,27,31). The van der Waals surface area contributed by atoms with Gasteiger partial charge in [0, 0.05) is 31.1 Å². The van der Waals surface area contributed by atoms with Crippen LogP contribution < -0.4 is 20.3 Å². The Bertz CT molecular complexity index is 899. The van der Waals surface area contributed by atoms with Gasteiger partial charge in [0.25, 0.3) is 0 Å². The lowest BCUT2D eigenvalue weighted by Gasteiger charge is -2.30. The first-order chi connectivity index (χ1) is 15.1. The number of halogens is 1. The van der Waals surface area contributed by atoms with Gasteiger partial charge in [0.15, 0.2) is 5.11 Å². The van der Waals surface area contributed by atoms with Gasteiger partial charge in [0.1, 0.15) is 11.6 Å². The number of hydrogen-bond acceptors (Lipinski definition) is 6. The number of benzene rings is 1. The van der Waals surface area contributed by atoms with Gasteiger partial charge in [0.05, 0.1) is 20.3 Å². The molecule has 2 heterocycles. The van der Waals surface area contributed by atoms with Gasteiger partial charge in [-0.2, -0.15) is 9.97 Å². The van der Waals surface area contributed by atoms with Crippen LogP contribution in [0.15, 0.2) is 30.3 Å². The summed E-state index contributed by atoms with van der Waals surface area (Å²) in [5.41, 5.74) is 1.10. The van der Waals surface area contributed by atoms with Crippen LogP contribution in [-0.4, -0.2) is 55.0 Å². The Morgan fingerprint density at radius 3 is 2.58 bits per heavy atom. The maximum absolute atomic E-state index is 13.4. The van der Waals surface area contributed by atoms with E-state index >= 15 is 0 Å². The number of hydrogen-bond donors (Lipinski definition) is 2. The van der Waals surface area contributed by atoms with Gasteiger partial charge in [-0.3, -0.25) is 0 Å². The Hall–Kier alpha value is -2.52. The summed E-state index contributed by atoms with van der Waals surface area (Å²) in [6, 6.07) is 8.65. The molecule has 1 aromatic heterocycles.